The van der Waals surface area contributed by atoms with Gasteiger partial charge in [0.1, 0.15) is 11.6 Å². The van der Waals surface area contributed by atoms with E-state index in [4.69, 9.17) is 11.6 Å². The number of halogens is 3. The van der Waals surface area contributed by atoms with Gasteiger partial charge in [0.05, 0.1) is 10.7 Å². The molecule has 0 fully saturated rings. The largest absolute Gasteiger partial charge is 0.506 e. The fourth-order valence-corrected chi connectivity index (χ4v) is 1.98. The van der Waals surface area contributed by atoms with Gasteiger partial charge in [-0.25, -0.2) is 4.39 Å². The van der Waals surface area contributed by atoms with Crippen molar-refractivity contribution in [2.75, 3.05) is 5.32 Å². The van der Waals surface area contributed by atoms with Crippen LogP contribution in [0.5, 0.6) is 5.75 Å². The van der Waals surface area contributed by atoms with Crippen LogP contribution in [0.4, 0.5) is 10.1 Å². The Morgan fingerprint density at radius 2 is 2.00 bits per heavy atom. The van der Waals surface area contributed by atoms with Gasteiger partial charge >= 0.3 is 0 Å². The summed E-state index contributed by atoms with van der Waals surface area (Å²) in [5, 5.41) is 11.8. The second-order valence-electron chi connectivity index (χ2n) is 3.74. The molecule has 0 aromatic heterocycles. The van der Waals surface area contributed by atoms with Crippen LogP contribution >= 0.6 is 27.5 Å². The van der Waals surface area contributed by atoms with Crippen LogP contribution in [-0.4, -0.2) is 11.0 Å². The van der Waals surface area contributed by atoms with E-state index in [-0.39, 0.29) is 22.0 Å². The third-order valence-electron chi connectivity index (χ3n) is 2.39. The molecule has 0 atom stereocenters. The number of rotatable bonds is 2. The second kappa shape index (κ2) is 5.59. The molecule has 0 aliphatic carbocycles. The number of phenolic OH excluding ortho intramolecular Hbond substituents is 1. The Morgan fingerprint density at radius 3 is 2.68 bits per heavy atom. The van der Waals surface area contributed by atoms with Gasteiger partial charge < -0.3 is 10.4 Å². The van der Waals surface area contributed by atoms with E-state index in [1.165, 1.54) is 36.4 Å². The Hall–Kier alpha value is -1.59. The third kappa shape index (κ3) is 3.24. The third-order valence-corrected chi connectivity index (χ3v) is 3.18. The zero-order chi connectivity index (χ0) is 14.0. The smallest absolute Gasteiger partial charge is 0.255 e. The molecule has 0 spiro atoms. The molecule has 2 aromatic carbocycles. The zero-order valence-electron chi connectivity index (χ0n) is 9.45. The van der Waals surface area contributed by atoms with Crippen LogP contribution in [-0.2, 0) is 0 Å². The lowest BCUT2D eigenvalue weighted by atomic mass is 10.2. The number of nitrogens with one attached hydrogen (secondary N) is 1. The number of carbonyl (C=O) groups excluding carboxylic acids is 1. The first-order valence-corrected chi connectivity index (χ1v) is 6.39. The van der Waals surface area contributed by atoms with Crippen molar-refractivity contribution < 1.29 is 14.3 Å². The Labute approximate surface area is 122 Å². The topological polar surface area (TPSA) is 49.3 Å². The summed E-state index contributed by atoms with van der Waals surface area (Å²) in [5.74, 6) is -1.17. The average Bonchev–Trinajstić information content (AvgIpc) is 2.37. The summed E-state index contributed by atoms with van der Waals surface area (Å²) in [6, 6.07) is 8.23. The van der Waals surface area contributed by atoms with E-state index in [1.54, 1.807) is 0 Å². The van der Waals surface area contributed by atoms with Crippen molar-refractivity contribution in [3.63, 3.8) is 0 Å². The lowest BCUT2D eigenvalue weighted by molar-refractivity contribution is 0.102. The van der Waals surface area contributed by atoms with Crippen molar-refractivity contribution in [2.24, 2.45) is 0 Å². The molecule has 0 saturated carbocycles. The Balaban J connectivity index is 2.25. The molecule has 0 aliphatic heterocycles. The second-order valence-corrected chi connectivity index (χ2v) is 5.07. The predicted molar refractivity (Wildman–Crippen MR) is 75.2 cm³/mol. The molecular formula is C13H8BrClFNO2. The first-order chi connectivity index (χ1) is 8.97. The number of benzene rings is 2. The normalized spacial score (nSPS) is 10.3. The summed E-state index contributed by atoms with van der Waals surface area (Å²) in [5.41, 5.74) is 0.283. The van der Waals surface area contributed by atoms with E-state index in [0.29, 0.717) is 4.47 Å². The van der Waals surface area contributed by atoms with Crippen LogP contribution in [0.1, 0.15) is 10.4 Å². The van der Waals surface area contributed by atoms with Gasteiger partial charge in [-0.05, 0) is 36.4 Å². The lowest BCUT2D eigenvalue weighted by Crippen LogP contribution is -2.12. The number of phenols is 1. The monoisotopic (exact) mass is 343 g/mol. The predicted octanol–water partition coefficient (Wildman–Crippen LogP) is 4.20. The number of hydrogen-bond donors (Lipinski definition) is 2. The van der Waals surface area contributed by atoms with Crippen molar-refractivity contribution in [1.29, 1.82) is 0 Å². The van der Waals surface area contributed by atoms with E-state index in [1.807, 2.05) is 0 Å². The van der Waals surface area contributed by atoms with Gasteiger partial charge in [0.25, 0.3) is 5.91 Å². The summed E-state index contributed by atoms with van der Waals surface area (Å²) in [4.78, 5) is 11.9. The number of aromatic hydroxyl groups is 1. The molecular weight excluding hydrogens is 337 g/mol. The number of anilines is 1. The van der Waals surface area contributed by atoms with Gasteiger partial charge in [-0.1, -0.05) is 27.5 Å². The molecule has 0 saturated heterocycles. The summed E-state index contributed by atoms with van der Waals surface area (Å²) in [6.07, 6.45) is 0. The maximum Gasteiger partial charge on any atom is 0.255 e. The lowest BCUT2D eigenvalue weighted by Gasteiger charge is -2.07. The Morgan fingerprint density at radius 1 is 1.26 bits per heavy atom. The molecule has 0 bridgehead atoms. The highest BCUT2D eigenvalue weighted by Crippen LogP contribution is 2.25. The highest BCUT2D eigenvalue weighted by molar-refractivity contribution is 9.10. The zero-order valence-corrected chi connectivity index (χ0v) is 11.8. The standard InChI is InChI=1S/C13H8BrClFNO2/c14-8-2-3-10(16)11(6-8)17-13(19)7-1-4-12(18)9(15)5-7/h1-6,18H,(H,17,19). The molecule has 0 aliphatic rings. The highest BCUT2D eigenvalue weighted by atomic mass is 79.9. The SMILES string of the molecule is O=C(Nc1cc(Br)ccc1F)c1ccc(O)c(Cl)c1. The number of amides is 1. The van der Waals surface area contributed by atoms with E-state index < -0.39 is 11.7 Å². The van der Waals surface area contributed by atoms with Crippen LogP contribution in [0.3, 0.4) is 0 Å². The summed E-state index contributed by atoms with van der Waals surface area (Å²) < 4.78 is 14.1. The van der Waals surface area contributed by atoms with E-state index >= 15 is 0 Å². The first kappa shape index (κ1) is 13.8. The maximum atomic E-state index is 13.5. The molecule has 3 nitrogen and oxygen atoms in total. The van der Waals surface area contributed by atoms with Crippen molar-refractivity contribution in [3.8, 4) is 5.75 Å². The van der Waals surface area contributed by atoms with Crippen LogP contribution in [0.25, 0.3) is 0 Å². The van der Waals surface area contributed by atoms with Crippen molar-refractivity contribution in [2.45, 2.75) is 0 Å². The van der Waals surface area contributed by atoms with E-state index in [2.05, 4.69) is 21.2 Å². The molecule has 0 heterocycles. The fraction of sp³-hybridized carbons (Fsp3) is 0. The van der Waals surface area contributed by atoms with Crippen LogP contribution < -0.4 is 5.32 Å². The van der Waals surface area contributed by atoms with Crippen molar-refractivity contribution in [1.82, 2.24) is 0 Å². The van der Waals surface area contributed by atoms with E-state index in [9.17, 15) is 14.3 Å². The molecule has 1 amide bonds. The Kier molecular flexibility index (Phi) is 4.07. The summed E-state index contributed by atoms with van der Waals surface area (Å²) in [6.45, 7) is 0. The molecule has 6 heteroatoms. The fourth-order valence-electron chi connectivity index (χ4n) is 1.44. The van der Waals surface area contributed by atoms with Crippen LogP contribution in [0.2, 0.25) is 5.02 Å². The molecule has 0 unspecified atom stereocenters. The van der Waals surface area contributed by atoms with E-state index in [0.717, 1.165) is 0 Å². The molecule has 19 heavy (non-hydrogen) atoms. The summed E-state index contributed by atoms with van der Waals surface area (Å²) in [7, 11) is 0. The van der Waals surface area contributed by atoms with Gasteiger partial charge in [-0.15, -0.1) is 0 Å². The van der Waals surface area contributed by atoms with Gasteiger partial charge in [-0.2, -0.15) is 0 Å². The van der Waals surface area contributed by atoms with Gasteiger partial charge in [0, 0.05) is 10.0 Å². The van der Waals surface area contributed by atoms with Gasteiger partial charge in [-0.3, -0.25) is 4.79 Å². The van der Waals surface area contributed by atoms with Gasteiger partial charge in [0.2, 0.25) is 0 Å². The van der Waals surface area contributed by atoms with Crippen LogP contribution in [0, 0.1) is 5.82 Å². The van der Waals surface area contributed by atoms with Crippen molar-refractivity contribution in [3.05, 3.63) is 57.3 Å². The average molecular weight is 345 g/mol. The Bertz CT molecular complexity index is 649. The van der Waals surface area contributed by atoms with Gasteiger partial charge in [0.15, 0.2) is 0 Å². The molecule has 2 rings (SSSR count). The molecule has 0 radical (unpaired) electrons. The number of carbonyl (C=O) groups is 1. The minimum atomic E-state index is -0.540. The summed E-state index contributed by atoms with van der Waals surface area (Å²) >= 11 is 8.90. The molecule has 2 aromatic rings. The number of hydrogen-bond acceptors (Lipinski definition) is 2. The molecule has 98 valence electrons. The minimum Gasteiger partial charge on any atom is -0.506 e. The highest BCUT2D eigenvalue weighted by Gasteiger charge is 2.11. The molecule has 2 N–H and O–H groups in total. The van der Waals surface area contributed by atoms with Crippen molar-refractivity contribution >= 4 is 39.1 Å². The quantitative estimate of drug-likeness (QED) is 0.858. The minimum absolute atomic E-state index is 0.0577. The maximum absolute atomic E-state index is 13.5. The van der Waals surface area contributed by atoms with Crippen LogP contribution in [0.15, 0.2) is 40.9 Å². The first-order valence-electron chi connectivity index (χ1n) is 5.22.